The number of hydrogen-bond acceptors (Lipinski definition) is 6. The predicted molar refractivity (Wildman–Crippen MR) is 139 cm³/mol. The first-order valence-electron chi connectivity index (χ1n) is 11.3. The van der Waals surface area contributed by atoms with Crippen LogP contribution in [0.1, 0.15) is 11.1 Å². The lowest BCUT2D eigenvalue weighted by Gasteiger charge is -2.16. The molecule has 3 heterocycles. The lowest BCUT2D eigenvalue weighted by atomic mass is 10.1. The van der Waals surface area contributed by atoms with E-state index in [4.69, 9.17) is 0 Å². The van der Waals surface area contributed by atoms with Crippen LogP contribution in [0.2, 0.25) is 0 Å². The van der Waals surface area contributed by atoms with Gasteiger partial charge in [0.05, 0.1) is 11.3 Å². The number of nitrogens with one attached hydrogen (secondary N) is 1. The van der Waals surface area contributed by atoms with Crippen molar-refractivity contribution in [1.82, 2.24) is 14.6 Å². The molecule has 176 valence electrons. The fraction of sp³-hybridized carbons (Fsp3) is 0.0741. The van der Waals surface area contributed by atoms with Gasteiger partial charge in [-0.2, -0.15) is 9.50 Å². The van der Waals surface area contributed by atoms with Crippen molar-refractivity contribution in [2.24, 2.45) is 0 Å². The maximum atomic E-state index is 13.5. The summed E-state index contributed by atoms with van der Waals surface area (Å²) in [4.78, 5) is 46.0. The maximum absolute atomic E-state index is 13.5. The van der Waals surface area contributed by atoms with Crippen LogP contribution in [0.25, 0.3) is 21.9 Å². The zero-order valence-corrected chi connectivity index (χ0v) is 20.0. The van der Waals surface area contributed by atoms with Crippen LogP contribution in [-0.2, 0) is 9.59 Å². The highest BCUT2D eigenvalue weighted by Crippen LogP contribution is 2.35. The van der Waals surface area contributed by atoms with E-state index in [1.54, 1.807) is 36.4 Å². The van der Waals surface area contributed by atoms with E-state index >= 15 is 0 Å². The third-order valence-electron chi connectivity index (χ3n) is 5.98. The number of thiazole rings is 1. The van der Waals surface area contributed by atoms with Crippen LogP contribution in [0.3, 0.4) is 0 Å². The molecule has 1 N–H and O–H groups in total. The Morgan fingerprint density at radius 2 is 1.67 bits per heavy atom. The lowest BCUT2D eigenvalue weighted by Crippen LogP contribution is -2.37. The van der Waals surface area contributed by atoms with Crippen LogP contribution in [-0.4, -0.2) is 33.0 Å². The number of rotatable bonds is 4. The van der Waals surface area contributed by atoms with E-state index in [1.165, 1.54) is 9.42 Å². The Balaban J connectivity index is 1.40. The van der Waals surface area contributed by atoms with Crippen molar-refractivity contribution in [1.29, 1.82) is 0 Å². The zero-order chi connectivity index (χ0) is 24.8. The van der Waals surface area contributed by atoms with E-state index in [0.29, 0.717) is 27.7 Å². The Hall–Kier alpha value is -4.63. The highest BCUT2D eigenvalue weighted by molar-refractivity contribution is 7.15. The van der Waals surface area contributed by atoms with E-state index in [0.717, 1.165) is 22.5 Å². The molecule has 0 radical (unpaired) electrons. The number of nitrogens with zero attached hydrogens (tertiary/aromatic N) is 4. The molecular weight excluding hydrogens is 474 g/mol. The fourth-order valence-electron chi connectivity index (χ4n) is 4.23. The summed E-state index contributed by atoms with van der Waals surface area (Å²) in [6.07, 6.45) is 0. The molecule has 0 unspecified atom stereocenters. The second-order valence-corrected chi connectivity index (χ2v) is 9.41. The second kappa shape index (κ2) is 8.54. The SMILES string of the molecule is Cc1ccc(-c2nc3sc(=C4C(=O)N(CC(=O)Nc5ccccc5)c5ccccc54)c(=O)n3n2)cc1. The normalized spacial score (nSPS) is 14.4. The molecule has 2 aromatic heterocycles. The number of aryl methyl sites for hydroxylation is 1. The van der Waals surface area contributed by atoms with E-state index in [9.17, 15) is 14.4 Å². The fourth-order valence-corrected chi connectivity index (χ4v) is 5.23. The molecule has 0 saturated heterocycles. The highest BCUT2D eigenvalue weighted by atomic mass is 32.1. The van der Waals surface area contributed by atoms with Gasteiger partial charge in [-0.15, -0.1) is 5.10 Å². The van der Waals surface area contributed by atoms with Crippen molar-refractivity contribution >= 4 is 45.1 Å². The third kappa shape index (κ3) is 3.66. The number of carbonyl (C=O) groups excluding carboxylic acids is 2. The van der Waals surface area contributed by atoms with Crippen LogP contribution in [0.15, 0.2) is 83.7 Å². The molecule has 0 atom stereocenters. The van der Waals surface area contributed by atoms with Gasteiger partial charge in [-0.1, -0.05) is 77.6 Å². The van der Waals surface area contributed by atoms with E-state index in [1.807, 2.05) is 49.4 Å². The molecule has 0 bridgehead atoms. The minimum absolute atomic E-state index is 0.180. The molecule has 9 heteroatoms. The first-order chi connectivity index (χ1) is 17.5. The minimum atomic E-state index is -0.408. The Bertz CT molecular complexity index is 1760. The van der Waals surface area contributed by atoms with Gasteiger partial charge in [0.2, 0.25) is 10.9 Å². The molecule has 36 heavy (non-hydrogen) atoms. The number of aromatic nitrogens is 3. The highest BCUT2D eigenvalue weighted by Gasteiger charge is 2.35. The number of para-hydroxylation sites is 2. The van der Waals surface area contributed by atoms with Gasteiger partial charge < -0.3 is 5.32 Å². The third-order valence-corrected chi connectivity index (χ3v) is 7.01. The zero-order valence-electron chi connectivity index (χ0n) is 19.1. The Kier molecular flexibility index (Phi) is 5.19. The molecule has 0 saturated carbocycles. The molecule has 8 nitrogen and oxygen atoms in total. The van der Waals surface area contributed by atoms with Crippen molar-refractivity contribution in [3.05, 3.63) is 105 Å². The molecule has 1 aliphatic heterocycles. The summed E-state index contributed by atoms with van der Waals surface area (Å²) in [7, 11) is 0. The summed E-state index contributed by atoms with van der Waals surface area (Å²) in [6.45, 7) is 1.81. The average molecular weight is 494 g/mol. The number of amides is 2. The number of hydrogen-bond donors (Lipinski definition) is 1. The smallest absolute Gasteiger partial charge is 0.291 e. The first-order valence-corrected chi connectivity index (χ1v) is 12.1. The molecule has 0 spiro atoms. The van der Waals surface area contributed by atoms with Crippen LogP contribution in [0.4, 0.5) is 11.4 Å². The lowest BCUT2D eigenvalue weighted by molar-refractivity contribution is -0.118. The molecule has 3 aromatic carbocycles. The monoisotopic (exact) mass is 493 g/mol. The van der Waals surface area contributed by atoms with Crippen molar-refractivity contribution in [2.75, 3.05) is 16.8 Å². The van der Waals surface area contributed by atoms with Gasteiger partial charge in [0.1, 0.15) is 11.1 Å². The first kappa shape index (κ1) is 21.9. The largest absolute Gasteiger partial charge is 0.325 e. The average Bonchev–Trinajstić information content (AvgIpc) is 3.51. The standard InChI is InChI=1S/C27H19N5O3S/c1-16-11-13-17(14-12-16)24-29-27-32(30-24)26(35)23(36-27)22-19-9-5-6-10-20(19)31(25(22)34)15-21(33)28-18-7-3-2-4-8-18/h2-14H,15H2,1H3,(H,28,33). The van der Waals surface area contributed by atoms with Gasteiger partial charge in [-0.3, -0.25) is 19.3 Å². The van der Waals surface area contributed by atoms with Crippen molar-refractivity contribution in [3.63, 3.8) is 0 Å². The summed E-state index contributed by atoms with van der Waals surface area (Å²) < 4.78 is 1.49. The van der Waals surface area contributed by atoms with Crippen molar-refractivity contribution in [2.45, 2.75) is 6.92 Å². The Labute approximate surface area is 209 Å². The molecule has 2 amide bonds. The van der Waals surface area contributed by atoms with Gasteiger partial charge >= 0.3 is 0 Å². The minimum Gasteiger partial charge on any atom is -0.325 e. The van der Waals surface area contributed by atoms with Crippen LogP contribution in [0, 0.1) is 6.92 Å². The molecule has 5 aromatic rings. The van der Waals surface area contributed by atoms with Gasteiger partial charge in [0.25, 0.3) is 11.5 Å². The molecule has 0 aliphatic carbocycles. The number of benzene rings is 3. The summed E-state index contributed by atoms with van der Waals surface area (Å²) in [5.41, 5.74) is 3.61. The van der Waals surface area contributed by atoms with Crippen LogP contribution in [0.5, 0.6) is 0 Å². The number of carbonyl (C=O) groups is 2. The van der Waals surface area contributed by atoms with E-state index < -0.39 is 11.5 Å². The Morgan fingerprint density at radius 1 is 0.944 bits per heavy atom. The summed E-state index contributed by atoms with van der Waals surface area (Å²) in [6, 6.07) is 23.9. The van der Waals surface area contributed by atoms with Gasteiger partial charge in [-0.25, -0.2) is 0 Å². The molecule has 1 aliphatic rings. The topological polar surface area (TPSA) is 96.7 Å². The quantitative estimate of drug-likeness (QED) is 0.415. The van der Waals surface area contributed by atoms with E-state index in [-0.39, 0.29) is 22.6 Å². The summed E-state index contributed by atoms with van der Waals surface area (Å²) >= 11 is 1.12. The molecule has 0 fully saturated rings. The predicted octanol–water partition coefficient (Wildman–Crippen LogP) is 3.03. The van der Waals surface area contributed by atoms with Crippen LogP contribution >= 0.6 is 11.3 Å². The maximum Gasteiger partial charge on any atom is 0.291 e. The summed E-state index contributed by atoms with van der Waals surface area (Å²) in [5, 5.41) is 7.20. The van der Waals surface area contributed by atoms with Gasteiger partial charge in [0.15, 0.2) is 5.82 Å². The van der Waals surface area contributed by atoms with Gasteiger partial charge in [-0.05, 0) is 25.1 Å². The van der Waals surface area contributed by atoms with Crippen molar-refractivity contribution in [3.8, 4) is 11.4 Å². The number of fused-ring (bicyclic) bond motifs is 2. The number of anilines is 2. The van der Waals surface area contributed by atoms with Gasteiger partial charge in [0, 0.05) is 16.8 Å². The molecular formula is C27H19N5O3S. The second-order valence-electron chi connectivity index (χ2n) is 8.43. The summed E-state index contributed by atoms with van der Waals surface area (Å²) in [5.74, 6) is -0.287. The Morgan fingerprint density at radius 3 is 2.42 bits per heavy atom. The van der Waals surface area contributed by atoms with E-state index in [2.05, 4.69) is 15.4 Å². The van der Waals surface area contributed by atoms with Crippen molar-refractivity contribution < 1.29 is 9.59 Å². The molecule has 6 rings (SSSR count). The van der Waals surface area contributed by atoms with Crippen LogP contribution < -0.4 is 20.3 Å².